The molecule has 0 aromatic heterocycles. The van der Waals surface area contributed by atoms with Crippen LogP contribution in [0.5, 0.6) is 0 Å². The van der Waals surface area contributed by atoms with Crippen molar-refractivity contribution in [3.05, 3.63) is 59.2 Å². The molecule has 0 spiro atoms. The van der Waals surface area contributed by atoms with Crippen molar-refractivity contribution >= 4 is 20.0 Å². The molecule has 0 bridgehead atoms. The highest BCUT2D eigenvalue weighted by Gasteiger charge is 2.19. The van der Waals surface area contributed by atoms with E-state index in [1.165, 1.54) is 13.8 Å². The van der Waals surface area contributed by atoms with E-state index in [4.69, 9.17) is 0 Å². The van der Waals surface area contributed by atoms with Crippen molar-refractivity contribution in [2.75, 3.05) is 13.1 Å². The molecule has 0 fully saturated rings. The van der Waals surface area contributed by atoms with Gasteiger partial charge in [0.2, 0.25) is 20.0 Å². The molecule has 0 radical (unpaired) electrons. The lowest BCUT2D eigenvalue weighted by molar-refractivity contribution is 0.568. The summed E-state index contributed by atoms with van der Waals surface area (Å²) in [5.41, 5.74) is 0.472. The van der Waals surface area contributed by atoms with Crippen LogP contribution in [0.3, 0.4) is 0 Å². The fourth-order valence-corrected chi connectivity index (χ4v) is 4.87. The fraction of sp³-hybridized carbons (Fsp3) is 0.250. The number of sulfonamides is 2. The molecular formula is C16H18F2N2O4S2. The molecule has 0 aliphatic carbocycles. The van der Waals surface area contributed by atoms with Crippen LogP contribution in [0, 0.1) is 25.5 Å². The van der Waals surface area contributed by atoms with Gasteiger partial charge in [0.1, 0.15) is 11.6 Å². The maximum Gasteiger partial charge on any atom is 0.240 e. The molecule has 2 aromatic carbocycles. The van der Waals surface area contributed by atoms with Crippen molar-refractivity contribution < 1.29 is 25.6 Å². The Bertz CT molecular complexity index is 939. The zero-order chi connectivity index (χ0) is 19.5. The predicted molar refractivity (Wildman–Crippen MR) is 92.7 cm³/mol. The van der Waals surface area contributed by atoms with Gasteiger partial charge in [-0.1, -0.05) is 0 Å². The van der Waals surface area contributed by atoms with E-state index in [-0.39, 0.29) is 34.0 Å². The van der Waals surface area contributed by atoms with Crippen LogP contribution < -0.4 is 9.44 Å². The second-order valence-electron chi connectivity index (χ2n) is 5.62. The topological polar surface area (TPSA) is 92.3 Å². The number of halogens is 2. The molecule has 0 unspecified atom stereocenters. The first-order valence-electron chi connectivity index (χ1n) is 7.54. The number of hydrogen-bond donors (Lipinski definition) is 2. The average molecular weight is 404 g/mol. The first-order chi connectivity index (χ1) is 12.0. The van der Waals surface area contributed by atoms with E-state index in [1.54, 1.807) is 0 Å². The van der Waals surface area contributed by atoms with Gasteiger partial charge in [0.15, 0.2) is 0 Å². The average Bonchev–Trinajstić information content (AvgIpc) is 2.51. The SMILES string of the molecule is Cc1cc(F)ccc1S(=O)(=O)NCCNS(=O)(=O)c1ccc(F)cc1C. The van der Waals surface area contributed by atoms with Crippen molar-refractivity contribution in [1.29, 1.82) is 0 Å². The van der Waals surface area contributed by atoms with Gasteiger partial charge in [0.05, 0.1) is 9.79 Å². The highest BCUT2D eigenvalue weighted by atomic mass is 32.2. The van der Waals surface area contributed by atoms with Gasteiger partial charge < -0.3 is 0 Å². The first-order valence-corrected chi connectivity index (χ1v) is 10.5. The van der Waals surface area contributed by atoms with Crippen molar-refractivity contribution in [2.24, 2.45) is 0 Å². The van der Waals surface area contributed by atoms with Gasteiger partial charge in [-0.2, -0.15) is 0 Å². The summed E-state index contributed by atoms with van der Waals surface area (Å²) < 4.78 is 79.4. The molecule has 0 amide bonds. The Morgan fingerprint density at radius 2 is 1.08 bits per heavy atom. The highest BCUT2D eigenvalue weighted by molar-refractivity contribution is 7.90. The van der Waals surface area contributed by atoms with Gasteiger partial charge in [-0.25, -0.2) is 35.1 Å². The quantitative estimate of drug-likeness (QED) is 0.689. The van der Waals surface area contributed by atoms with Crippen molar-refractivity contribution in [2.45, 2.75) is 23.6 Å². The molecule has 10 heteroatoms. The molecule has 26 heavy (non-hydrogen) atoms. The van der Waals surface area contributed by atoms with Crippen LogP contribution in [0.15, 0.2) is 46.2 Å². The molecule has 0 atom stereocenters. The van der Waals surface area contributed by atoms with Crippen LogP contribution in [-0.4, -0.2) is 29.9 Å². The number of nitrogens with one attached hydrogen (secondary N) is 2. The Balaban J connectivity index is 2.01. The molecule has 2 aromatic rings. The van der Waals surface area contributed by atoms with E-state index in [9.17, 15) is 25.6 Å². The Hall–Kier alpha value is -1.88. The molecule has 2 N–H and O–H groups in total. The van der Waals surface area contributed by atoms with Crippen LogP contribution in [0.1, 0.15) is 11.1 Å². The van der Waals surface area contributed by atoms with Crippen LogP contribution in [0.4, 0.5) is 8.78 Å². The normalized spacial score (nSPS) is 12.3. The molecular weight excluding hydrogens is 386 g/mol. The van der Waals surface area contributed by atoms with Gasteiger partial charge in [-0.05, 0) is 61.4 Å². The van der Waals surface area contributed by atoms with Gasteiger partial charge in [-0.3, -0.25) is 0 Å². The van der Waals surface area contributed by atoms with E-state index in [1.807, 2.05) is 0 Å². The van der Waals surface area contributed by atoms with Gasteiger partial charge in [0, 0.05) is 13.1 Å². The molecule has 0 aliphatic heterocycles. The smallest absolute Gasteiger partial charge is 0.210 e. The lowest BCUT2D eigenvalue weighted by Crippen LogP contribution is -2.35. The third-order valence-corrected chi connectivity index (χ3v) is 6.80. The van der Waals surface area contributed by atoms with Crippen molar-refractivity contribution in [3.8, 4) is 0 Å². The number of benzene rings is 2. The fourth-order valence-electron chi connectivity index (χ4n) is 2.35. The minimum atomic E-state index is -3.90. The number of hydrogen-bond acceptors (Lipinski definition) is 4. The van der Waals surface area contributed by atoms with E-state index in [2.05, 4.69) is 9.44 Å². The summed E-state index contributed by atoms with van der Waals surface area (Å²) in [7, 11) is -7.81. The van der Waals surface area contributed by atoms with Gasteiger partial charge in [0.25, 0.3) is 0 Å². The Labute approximate surface area is 151 Å². The van der Waals surface area contributed by atoms with Crippen LogP contribution in [-0.2, 0) is 20.0 Å². The summed E-state index contributed by atoms with van der Waals surface area (Å²) in [6, 6.07) is 6.52. The monoisotopic (exact) mass is 404 g/mol. The summed E-state index contributed by atoms with van der Waals surface area (Å²) in [4.78, 5) is -0.174. The minimum absolute atomic E-state index is 0.0869. The standard InChI is InChI=1S/C16H18F2N2O4S2/c1-11-9-13(17)3-5-15(11)25(21,22)19-7-8-20-26(23,24)16-6-4-14(18)10-12(16)2/h3-6,9-10,19-20H,7-8H2,1-2H3. The number of aryl methyl sites for hydroxylation is 2. The third kappa shape index (κ3) is 4.85. The maximum absolute atomic E-state index is 13.1. The Morgan fingerprint density at radius 3 is 1.38 bits per heavy atom. The van der Waals surface area contributed by atoms with Crippen LogP contribution >= 0.6 is 0 Å². The summed E-state index contributed by atoms with van der Waals surface area (Å²) in [5, 5.41) is 0. The number of rotatable bonds is 7. The van der Waals surface area contributed by atoms with Gasteiger partial charge >= 0.3 is 0 Å². The summed E-state index contributed by atoms with van der Waals surface area (Å²) >= 11 is 0. The minimum Gasteiger partial charge on any atom is -0.210 e. The van der Waals surface area contributed by atoms with E-state index >= 15 is 0 Å². The van der Waals surface area contributed by atoms with E-state index in [0.717, 1.165) is 36.4 Å². The highest BCUT2D eigenvalue weighted by Crippen LogP contribution is 2.17. The largest absolute Gasteiger partial charge is 0.240 e. The molecule has 0 heterocycles. The second-order valence-corrected chi connectivity index (χ2v) is 9.09. The third-order valence-electron chi connectivity index (χ3n) is 3.56. The molecule has 0 saturated carbocycles. The van der Waals surface area contributed by atoms with Gasteiger partial charge in [-0.15, -0.1) is 0 Å². The molecule has 0 saturated heterocycles. The molecule has 142 valence electrons. The summed E-state index contributed by atoms with van der Waals surface area (Å²) in [6.45, 7) is 2.49. The van der Waals surface area contributed by atoms with Crippen molar-refractivity contribution in [3.63, 3.8) is 0 Å². The van der Waals surface area contributed by atoms with Crippen LogP contribution in [0.25, 0.3) is 0 Å². The molecule has 6 nitrogen and oxygen atoms in total. The van der Waals surface area contributed by atoms with Crippen LogP contribution in [0.2, 0.25) is 0 Å². The zero-order valence-electron chi connectivity index (χ0n) is 14.1. The molecule has 2 rings (SSSR count). The Morgan fingerprint density at radius 1 is 0.731 bits per heavy atom. The van der Waals surface area contributed by atoms with E-state index < -0.39 is 31.7 Å². The summed E-state index contributed by atoms with van der Waals surface area (Å²) in [5.74, 6) is -1.10. The zero-order valence-corrected chi connectivity index (χ0v) is 15.7. The van der Waals surface area contributed by atoms with Crippen molar-refractivity contribution in [1.82, 2.24) is 9.44 Å². The first kappa shape index (κ1) is 20.4. The lowest BCUT2D eigenvalue weighted by atomic mass is 10.2. The maximum atomic E-state index is 13.1. The lowest BCUT2D eigenvalue weighted by Gasteiger charge is -2.11. The van der Waals surface area contributed by atoms with E-state index in [0.29, 0.717) is 0 Å². The summed E-state index contributed by atoms with van der Waals surface area (Å²) in [6.07, 6.45) is 0. The Kier molecular flexibility index (Phi) is 6.12. The predicted octanol–water partition coefficient (Wildman–Crippen LogP) is 1.84. The second kappa shape index (κ2) is 7.78. The molecule has 0 aliphatic rings.